The number of hydrogen-bond donors (Lipinski definition) is 1. The van der Waals surface area contributed by atoms with E-state index in [-0.39, 0.29) is 11.6 Å². The molecular formula is C22H18N4O5S. The third-order valence-corrected chi connectivity index (χ3v) is 5.73. The van der Waals surface area contributed by atoms with Gasteiger partial charge >= 0.3 is 0 Å². The fourth-order valence-electron chi connectivity index (χ4n) is 3.07. The Kier molecular flexibility index (Phi) is 6.31. The summed E-state index contributed by atoms with van der Waals surface area (Å²) >= 11 is 1.23. The molecule has 0 radical (unpaired) electrons. The van der Waals surface area contributed by atoms with Gasteiger partial charge in [-0.15, -0.1) is 5.10 Å². The van der Waals surface area contributed by atoms with E-state index in [2.05, 4.69) is 15.5 Å². The summed E-state index contributed by atoms with van der Waals surface area (Å²) < 4.78 is 10.9. The Labute approximate surface area is 187 Å². The van der Waals surface area contributed by atoms with E-state index >= 15 is 0 Å². The second kappa shape index (κ2) is 9.48. The van der Waals surface area contributed by atoms with Gasteiger partial charge in [0.25, 0.3) is 5.69 Å². The van der Waals surface area contributed by atoms with Crippen LogP contribution in [0, 0.1) is 10.1 Å². The van der Waals surface area contributed by atoms with E-state index in [0.717, 1.165) is 11.3 Å². The number of nitrogens with one attached hydrogen (secondary N) is 1. The summed E-state index contributed by atoms with van der Waals surface area (Å²) in [4.78, 5) is 22.7. The van der Waals surface area contributed by atoms with Crippen molar-refractivity contribution >= 4 is 34.7 Å². The molecule has 1 saturated heterocycles. The number of amides is 1. The number of amidine groups is 1. The highest BCUT2D eigenvalue weighted by molar-refractivity contribution is 8.15. The highest BCUT2D eigenvalue weighted by atomic mass is 32.2. The summed E-state index contributed by atoms with van der Waals surface area (Å²) in [7, 11) is 1.61. The summed E-state index contributed by atoms with van der Waals surface area (Å²) in [6, 6.07) is 17.3. The fourth-order valence-corrected chi connectivity index (χ4v) is 4.03. The van der Waals surface area contributed by atoms with E-state index in [9.17, 15) is 14.9 Å². The molecule has 1 amide bonds. The largest absolute Gasteiger partial charge is 0.497 e. The lowest BCUT2D eigenvalue weighted by molar-refractivity contribution is -0.384. The second-order valence-electron chi connectivity index (χ2n) is 6.81. The smallest absolute Gasteiger partial charge is 0.269 e. The van der Waals surface area contributed by atoms with Crippen molar-refractivity contribution in [3.63, 3.8) is 0 Å². The molecule has 1 atom stereocenters. The molecule has 1 fully saturated rings. The number of nitrogens with zero attached hydrogens (tertiary/aromatic N) is 3. The predicted octanol–water partition coefficient (Wildman–Crippen LogP) is 4.03. The van der Waals surface area contributed by atoms with E-state index in [0.29, 0.717) is 28.7 Å². The second-order valence-corrected chi connectivity index (χ2v) is 8.00. The van der Waals surface area contributed by atoms with Crippen LogP contribution in [0.3, 0.4) is 0 Å². The number of thioether (sulfide) groups is 1. The highest BCUT2D eigenvalue weighted by Gasteiger charge is 2.30. The first-order chi connectivity index (χ1) is 15.5. The zero-order valence-electron chi connectivity index (χ0n) is 16.9. The van der Waals surface area contributed by atoms with Gasteiger partial charge in [0.15, 0.2) is 5.17 Å². The zero-order chi connectivity index (χ0) is 22.5. The first-order valence-electron chi connectivity index (χ1n) is 9.58. The molecule has 0 aliphatic carbocycles. The van der Waals surface area contributed by atoms with Gasteiger partial charge in [0.1, 0.15) is 17.3 Å². The van der Waals surface area contributed by atoms with E-state index in [1.54, 1.807) is 25.3 Å². The Bertz CT molecular complexity index is 1200. The summed E-state index contributed by atoms with van der Waals surface area (Å²) in [5, 5.41) is 21.6. The van der Waals surface area contributed by atoms with Crippen LogP contribution >= 0.6 is 11.8 Å². The van der Waals surface area contributed by atoms with Crippen molar-refractivity contribution in [1.29, 1.82) is 0 Å². The van der Waals surface area contributed by atoms with E-state index in [1.807, 2.05) is 30.3 Å². The number of methoxy groups -OCH3 is 1. The molecule has 1 aromatic heterocycles. The molecule has 0 spiro atoms. The minimum absolute atomic E-state index is 0.00291. The number of carbonyl (C=O) groups excluding carboxylic acids is 1. The Hall–Kier alpha value is -3.92. The summed E-state index contributed by atoms with van der Waals surface area (Å²) in [6.07, 6.45) is 1.81. The molecule has 9 nitrogen and oxygen atoms in total. The van der Waals surface area contributed by atoms with Crippen molar-refractivity contribution in [2.24, 2.45) is 10.2 Å². The number of rotatable bonds is 7. The molecule has 3 aromatic rings. The molecule has 1 N–H and O–H groups in total. The Balaban J connectivity index is 1.38. The maximum Gasteiger partial charge on any atom is 0.269 e. The van der Waals surface area contributed by atoms with Crippen LogP contribution < -0.4 is 10.1 Å². The first-order valence-corrected chi connectivity index (χ1v) is 10.5. The van der Waals surface area contributed by atoms with Crippen LogP contribution in [0.15, 0.2) is 75.3 Å². The molecule has 1 unspecified atom stereocenters. The van der Waals surface area contributed by atoms with Gasteiger partial charge in [0, 0.05) is 17.7 Å². The zero-order valence-corrected chi connectivity index (χ0v) is 17.7. The van der Waals surface area contributed by atoms with Gasteiger partial charge < -0.3 is 14.5 Å². The Morgan fingerprint density at radius 1 is 1.22 bits per heavy atom. The normalized spacial score (nSPS) is 17.1. The van der Waals surface area contributed by atoms with Crippen molar-refractivity contribution in [1.82, 2.24) is 5.32 Å². The molecule has 2 heterocycles. The maximum atomic E-state index is 12.2. The number of furan rings is 1. The van der Waals surface area contributed by atoms with Crippen molar-refractivity contribution in [3.05, 3.63) is 82.1 Å². The monoisotopic (exact) mass is 450 g/mol. The summed E-state index contributed by atoms with van der Waals surface area (Å²) in [5.74, 6) is 1.75. The number of carbonyl (C=O) groups is 1. The van der Waals surface area contributed by atoms with Crippen LogP contribution in [-0.2, 0) is 11.2 Å². The van der Waals surface area contributed by atoms with Crippen LogP contribution in [0.1, 0.15) is 11.3 Å². The number of hydrogen-bond acceptors (Lipinski definition) is 8. The molecule has 10 heteroatoms. The van der Waals surface area contributed by atoms with Gasteiger partial charge in [0.2, 0.25) is 5.91 Å². The lowest BCUT2D eigenvalue weighted by Gasteiger charge is -2.04. The van der Waals surface area contributed by atoms with E-state index < -0.39 is 10.2 Å². The quantitative estimate of drug-likeness (QED) is 0.330. The maximum absolute atomic E-state index is 12.2. The van der Waals surface area contributed by atoms with Crippen LogP contribution in [0.2, 0.25) is 0 Å². The van der Waals surface area contributed by atoms with Gasteiger partial charge in [-0.3, -0.25) is 14.9 Å². The molecule has 162 valence electrons. The SMILES string of the molecule is COc1ccc(-c2ccc(/C=N\N=C3/NC(=O)C(Cc4cccc([N+](=O)[O-])c4)S3)o2)cc1. The fraction of sp³-hybridized carbons (Fsp3) is 0.136. The lowest BCUT2D eigenvalue weighted by atomic mass is 10.1. The third kappa shape index (κ3) is 5.03. The van der Waals surface area contributed by atoms with Crippen LogP contribution in [0.25, 0.3) is 11.3 Å². The first kappa shape index (κ1) is 21.3. The van der Waals surface area contributed by atoms with Crippen LogP contribution in [-0.4, -0.2) is 34.6 Å². The highest BCUT2D eigenvalue weighted by Crippen LogP contribution is 2.26. The number of benzene rings is 2. The van der Waals surface area contributed by atoms with Crippen molar-refractivity contribution in [3.8, 4) is 17.1 Å². The summed E-state index contributed by atoms with van der Waals surface area (Å²) in [6.45, 7) is 0. The average molecular weight is 450 g/mol. The molecular weight excluding hydrogens is 432 g/mol. The summed E-state index contributed by atoms with van der Waals surface area (Å²) in [5.41, 5.74) is 1.61. The van der Waals surface area contributed by atoms with Gasteiger partial charge in [-0.05, 0) is 48.4 Å². The predicted molar refractivity (Wildman–Crippen MR) is 122 cm³/mol. The number of nitro benzene ring substituents is 1. The van der Waals surface area contributed by atoms with Crippen molar-refractivity contribution in [2.45, 2.75) is 11.7 Å². The van der Waals surface area contributed by atoms with Gasteiger partial charge in [-0.25, -0.2) is 0 Å². The number of nitro groups is 1. The standard InChI is InChI=1S/C22H18N4O5S/c1-30-17-7-5-15(6-8-17)19-10-9-18(31-19)13-23-25-22-24-21(27)20(32-22)12-14-3-2-4-16(11-14)26(28)29/h2-11,13,20H,12H2,1H3,(H,24,25,27)/b23-13-. The lowest BCUT2D eigenvalue weighted by Crippen LogP contribution is -2.25. The van der Waals surface area contributed by atoms with Crippen molar-refractivity contribution in [2.75, 3.05) is 7.11 Å². The molecule has 2 aromatic carbocycles. The van der Waals surface area contributed by atoms with Gasteiger partial charge in [-0.1, -0.05) is 23.9 Å². The van der Waals surface area contributed by atoms with E-state index in [4.69, 9.17) is 9.15 Å². The molecule has 4 rings (SSSR count). The number of ether oxygens (including phenoxy) is 1. The minimum Gasteiger partial charge on any atom is -0.497 e. The molecule has 0 bridgehead atoms. The molecule has 1 aliphatic heterocycles. The molecule has 1 aliphatic rings. The Morgan fingerprint density at radius 2 is 2.03 bits per heavy atom. The molecule has 32 heavy (non-hydrogen) atoms. The van der Waals surface area contributed by atoms with Crippen LogP contribution in [0.4, 0.5) is 5.69 Å². The average Bonchev–Trinajstić information content (AvgIpc) is 3.41. The Morgan fingerprint density at radius 3 is 2.78 bits per heavy atom. The minimum atomic E-state index is -0.457. The van der Waals surface area contributed by atoms with E-state index in [1.165, 1.54) is 30.1 Å². The number of non-ortho nitro benzene ring substituents is 1. The van der Waals surface area contributed by atoms with Gasteiger partial charge in [0.05, 0.1) is 23.5 Å². The topological polar surface area (TPSA) is 119 Å². The third-order valence-electron chi connectivity index (χ3n) is 4.65. The van der Waals surface area contributed by atoms with Gasteiger partial charge in [-0.2, -0.15) is 5.10 Å². The van der Waals surface area contributed by atoms with Crippen molar-refractivity contribution < 1.29 is 18.9 Å². The molecule has 0 saturated carbocycles. The van der Waals surface area contributed by atoms with Crippen LogP contribution in [0.5, 0.6) is 5.75 Å².